The Bertz CT molecular complexity index is 951. The molecule has 2 aromatic rings. The molecule has 1 aliphatic carbocycles. The second-order valence-corrected chi connectivity index (χ2v) is 10.2. The van der Waals surface area contributed by atoms with Crippen LogP contribution in [0.2, 0.25) is 5.02 Å². The van der Waals surface area contributed by atoms with E-state index in [-0.39, 0.29) is 22.8 Å². The van der Waals surface area contributed by atoms with E-state index in [1.54, 1.807) is 12.1 Å². The van der Waals surface area contributed by atoms with Crippen molar-refractivity contribution in [3.8, 4) is 0 Å². The van der Waals surface area contributed by atoms with E-state index >= 15 is 0 Å². The number of benzene rings is 2. The standard InChI is InChI=1S/C22H25ClN2O3S/c23-19-8-10-20(11-9-19)29(27,28)25-14-12-18(13-15-25)22(26)24-21(17-6-7-17)16-4-2-1-3-5-16/h1-5,8-11,17-18,21H,6-7,12-15H2,(H,24,26). The first kappa shape index (κ1) is 20.4. The third kappa shape index (κ3) is 4.65. The summed E-state index contributed by atoms with van der Waals surface area (Å²) >= 11 is 5.86. The van der Waals surface area contributed by atoms with Gasteiger partial charge in [-0.15, -0.1) is 0 Å². The second-order valence-electron chi connectivity index (χ2n) is 7.87. The van der Waals surface area contributed by atoms with E-state index in [1.165, 1.54) is 16.4 Å². The first-order valence-electron chi connectivity index (χ1n) is 10.1. The monoisotopic (exact) mass is 432 g/mol. The number of sulfonamides is 1. The SMILES string of the molecule is O=C(NC(c1ccccc1)C1CC1)C1CCN(S(=O)(=O)c2ccc(Cl)cc2)CC1. The number of rotatable bonds is 6. The van der Waals surface area contributed by atoms with Crippen LogP contribution in [0.25, 0.3) is 0 Å². The highest BCUT2D eigenvalue weighted by atomic mass is 35.5. The van der Waals surface area contributed by atoms with Crippen molar-refractivity contribution in [1.82, 2.24) is 9.62 Å². The Morgan fingerprint density at radius 3 is 2.17 bits per heavy atom. The molecule has 2 aromatic carbocycles. The maximum atomic E-state index is 12.9. The van der Waals surface area contributed by atoms with Crippen molar-refractivity contribution in [1.29, 1.82) is 0 Å². The van der Waals surface area contributed by atoms with Gasteiger partial charge in [0.05, 0.1) is 10.9 Å². The van der Waals surface area contributed by atoms with E-state index in [0.29, 0.717) is 36.9 Å². The van der Waals surface area contributed by atoms with E-state index in [9.17, 15) is 13.2 Å². The zero-order valence-corrected chi connectivity index (χ0v) is 17.7. The summed E-state index contributed by atoms with van der Waals surface area (Å²) in [5.74, 6) is 0.387. The van der Waals surface area contributed by atoms with E-state index in [2.05, 4.69) is 17.4 Å². The average molecular weight is 433 g/mol. The minimum Gasteiger partial charge on any atom is -0.349 e. The number of carbonyl (C=O) groups excluding carboxylic acids is 1. The van der Waals surface area contributed by atoms with Gasteiger partial charge in [-0.2, -0.15) is 4.31 Å². The van der Waals surface area contributed by atoms with Gasteiger partial charge < -0.3 is 5.32 Å². The summed E-state index contributed by atoms with van der Waals surface area (Å²) in [5.41, 5.74) is 1.14. The first-order chi connectivity index (χ1) is 13.9. The summed E-state index contributed by atoms with van der Waals surface area (Å²) < 4.78 is 27.1. The van der Waals surface area contributed by atoms with Gasteiger partial charge in [0.15, 0.2) is 0 Å². The Labute approximate surface area is 177 Å². The fraction of sp³-hybridized carbons (Fsp3) is 0.409. The van der Waals surface area contributed by atoms with Crippen LogP contribution in [0.15, 0.2) is 59.5 Å². The minimum atomic E-state index is -3.55. The van der Waals surface area contributed by atoms with Crippen molar-refractivity contribution in [2.24, 2.45) is 11.8 Å². The second kappa shape index (κ2) is 8.46. The molecule has 1 amide bonds. The number of amides is 1. The van der Waals surface area contributed by atoms with Crippen molar-refractivity contribution in [2.45, 2.75) is 36.6 Å². The maximum Gasteiger partial charge on any atom is 0.243 e. The number of hydrogen-bond donors (Lipinski definition) is 1. The van der Waals surface area contributed by atoms with Crippen molar-refractivity contribution in [3.05, 3.63) is 65.2 Å². The van der Waals surface area contributed by atoms with Crippen LogP contribution in [0.1, 0.15) is 37.3 Å². The Morgan fingerprint density at radius 2 is 1.59 bits per heavy atom. The van der Waals surface area contributed by atoms with Gasteiger partial charge in [-0.25, -0.2) is 8.42 Å². The number of hydrogen-bond acceptors (Lipinski definition) is 3. The highest BCUT2D eigenvalue weighted by Crippen LogP contribution is 2.41. The molecule has 5 nitrogen and oxygen atoms in total. The summed E-state index contributed by atoms with van der Waals surface area (Å²) in [5, 5.41) is 3.74. The van der Waals surface area contributed by atoms with Crippen molar-refractivity contribution in [3.63, 3.8) is 0 Å². The number of nitrogens with zero attached hydrogens (tertiary/aromatic N) is 1. The Kier molecular flexibility index (Phi) is 5.95. The van der Waals surface area contributed by atoms with E-state index in [1.807, 2.05) is 18.2 Å². The molecule has 0 spiro atoms. The molecular formula is C22H25ClN2O3S. The molecule has 1 atom stereocenters. The predicted octanol–water partition coefficient (Wildman–Crippen LogP) is 4.01. The van der Waals surface area contributed by atoms with Gasteiger partial charge in [0.2, 0.25) is 15.9 Å². The van der Waals surface area contributed by atoms with Gasteiger partial charge >= 0.3 is 0 Å². The third-order valence-electron chi connectivity index (χ3n) is 5.83. The van der Waals surface area contributed by atoms with Gasteiger partial charge in [0, 0.05) is 24.0 Å². The molecule has 0 aromatic heterocycles. The van der Waals surface area contributed by atoms with Gasteiger partial charge in [-0.3, -0.25) is 4.79 Å². The van der Waals surface area contributed by atoms with E-state index in [4.69, 9.17) is 11.6 Å². The average Bonchev–Trinajstić information content (AvgIpc) is 3.58. The Hall–Kier alpha value is -1.89. The smallest absolute Gasteiger partial charge is 0.243 e. The molecule has 29 heavy (non-hydrogen) atoms. The van der Waals surface area contributed by atoms with E-state index in [0.717, 1.165) is 18.4 Å². The quantitative estimate of drug-likeness (QED) is 0.749. The van der Waals surface area contributed by atoms with E-state index < -0.39 is 10.0 Å². The lowest BCUT2D eigenvalue weighted by molar-refractivity contribution is -0.127. The first-order valence-corrected chi connectivity index (χ1v) is 11.9. The lowest BCUT2D eigenvalue weighted by Crippen LogP contribution is -2.43. The predicted molar refractivity (Wildman–Crippen MR) is 113 cm³/mol. The maximum absolute atomic E-state index is 12.9. The van der Waals surface area contributed by atoms with Gasteiger partial charge in [0.25, 0.3) is 0 Å². The zero-order chi connectivity index (χ0) is 20.4. The highest BCUT2D eigenvalue weighted by molar-refractivity contribution is 7.89. The van der Waals surface area contributed by atoms with Crippen LogP contribution in [0.3, 0.4) is 0 Å². The molecule has 1 saturated carbocycles. The molecule has 0 bridgehead atoms. The lowest BCUT2D eigenvalue weighted by atomic mass is 9.95. The largest absolute Gasteiger partial charge is 0.349 e. The zero-order valence-electron chi connectivity index (χ0n) is 16.1. The fourth-order valence-corrected chi connectivity index (χ4v) is 5.54. The number of piperidine rings is 1. The lowest BCUT2D eigenvalue weighted by Gasteiger charge is -2.31. The Balaban J connectivity index is 1.37. The van der Waals surface area contributed by atoms with Crippen LogP contribution in [0.4, 0.5) is 0 Å². The van der Waals surface area contributed by atoms with Crippen LogP contribution in [0.5, 0.6) is 0 Å². The summed E-state index contributed by atoms with van der Waals surface area (Å²) in [6.45, 7) is 0.699. The van der Waals surface area contributed by atoms with Gasteiger partial charge in [-0.05, 0) is 61.4 Å². The van der Waals surface area contributed by atoms with Crippen molar-refractivity contribution >= 4 is 27.5 Å². The summed E-state index contributed by atoms with van der Waals surface area (Å²) in [7, 11) is -3.55. The summed E-state index contributed by atoms with van der Waals surface area (Å²) in [4.78, 5) is 13.1. The topological polar surface area (TPSA) is 66.5 Å². The Morgan fingerprint density at radius 1 is 0.966 bits per heavy atom. The summed E-state index contributed by atoms with van der Waals surface area (Å²) in [6, 6.07) is 16.4. The fourth-order valence-electron chi connectivity index (χ4n) is 3.95. The molecule has 7 heteroatoms. The molecule has 4 rings (SSSR count). The number of carbonyl (C=O) groups is 1. The molecule has 2 aliphatic rings. The molecule has 1 saturated heterocycles. The van der Waals surface area contributed by atoms with Gasteiger partial charge in [0.1, 0.15) is 0 Å². The molecule has 1 N–H and O–H groups in total. The van der Waals surface area contributed by atoms with Crippen LogP contribution >= 0.6 is 11.6 Å². The van der Waals surface area contributed by atoms with Crippen LogP contribution in [-0.4, -0.2) is 31.7 Å². The van der Waals surface area contributed by atoms with Gasteiger partial charge in [-0.1, -0.05) is 41.9 Å². The molecule has 1 heterocycles. The number of halogens is 1. The molecule has 0 radical (unpaired) electrons. The van der Waals surface area contributed by atoms with Crippen molar-refractivity contribution < 1.29 is 13.2 Å². The van der Waals surface area contributed by atoms with Crippen LogP contribution in [-0.2, 0) is 14.8 Å². The van der Waals surface area contributed by atoms with Crippen molar-refractivity contribution in [2.75, 3.05) is 13.1 Å². The number of nitrogens with one attached hydrogen (secondary N) is 1. The summed E-state index contributed by atoms with van der Waals surface area (Å²) in [6.07, 6.45) is 3.34. The highest BCUT2D eigenvalue weighted by Gasteiger charge is 2.36. The molecule has 1 unspecified atom stereocenters. The minimum absolute atomic E-state index is 0.0364. The molecular weight excluding hydrogens is 408 g/mol. The van der Waals surface area contributed by atoms with Crippen LogP contribution in [0, 0.1) is 11.8 Å². The molecule has 1 aliphatic heterocycles. The molecule has 154 valence electrons. The normalized spacial score (nSPS) is 19.6. The molecule has 2 fully saturated rings. The third-order valence-corrected chi connectivity index (χ3v) is 7.99. The van der Waals surface area contributed by atoms with Crippen LogP contribution < -0.4 is 5.32 Å².